The number of pyridine rings is 1. The van der Waals surface area contributed by atoms with E-state index in [1.165, 1.54) is 23.9 Å². The van der Waals surface area contributed by atoms with Crippen LogP contribution in [-0.2, 0) is 7.05 Å². The molecule has 0 unspecified atom stereocenters. The maximum Gasteiger partial charge on any atom is 0.287 e. The van der Waals surface area contributed by atoms with Crippen LogP contribution in [0.25, 0.3) is 0 Å². The number of carbonyl (C=O) groups excluding carboxylic acids is 1. The predicted octanol–water partition coefficient (Wildman–Crippen LogP) is 1.72. The molecule has 0 saturated heterocycles. The molecule has 98 valence electrons. The number of hydrogen-bond donors (Lipinski definition) is 1. The summed E-state index contributed by atoms with van der Waals surface area (Å²) < 4.78 is 13.9. The van der Waals surface area contributed by atoms with Crippen molar-refractivity contribution in [2.45, 2.75) is 0 Å². The van der Waals surface area contributed by atoms with Gasteiger partial charge in [-0.1, -0.05) is 0 Å². The average Bonchev–Trinajstić information content (AvgIpc) is 2.74. The third kappa shape index (κ3) is 2.73. The van der Waals surface area contributed by atoms with Crippen LogP contribution in [-0.4, -0.2) is 20.4 Å². The lowest BCUT2D eigenvalue weighted by Gasteiger charge is -2.04. The van der Waals surface area contributed by atoms with Crippen molar-refractivity contribution >= 4 is 17.3 Å². The van der Waals surface area contributed by atoms with Crippen molar-refractivity contribution < 1.29 is 14.1 Å². The normalized spacial score (nSPS) is 10.2. The van der Waals surface area contributed by atoms with Gasteiger partial charge in [0.05, 0.1) is 23.0 Å². The van der Waals surface area contributed by atoms with Crippen LogP contribution in [0.3, 0.4) is 0 Å². The van der Waals surface area contributed by atoms with Gasteiger partial charge in [0.15, 0.2) is 0 Å². The molecule has 8 heteroatoms. The molecule has 2 aromatic rings. The Morgan fingerprint density at radius 3 is 2.79 bits per heavy atom. The molecule has 0 spiro atoms. The number of nitrogens with zero attached hydrogens (tertiary/aromatic N) is 3. The summed E-state index contributed by atoms with van der Waals surface area (Å²) >= 11 is 0. The number of nitro groups is 1. The van der Waals surface area contributed by atoms with E-state index < -0.39 is 16.8 Å². The topological polar surface area (TPSA) is 90.1 Å². The number of rotatable bonds is 3. The van der Waals surface area contributed by atoms with Gasteiger partial charge in [-0.3, -0.25) is 14.9 Å². The lowest BCUT2D eigenvalue weighted by molar-refractivity contribution is -0.384. The quantitative estimate of drug-likeness (QED) is 0.519. The van der Waals surface area contributed by atoms with Gasteiger partial charge < -0.3 is 9.88 Å². The number of aryl methyl sites for hydroxylation is 1. The van der Waals surface area contributed by atoms with Crippen LogP contribution < -0.4 is 5.32 Å². The summed E-state index contributed by atoms with van der Waals surface area (Å²) in [5.74, 6) is -1.20. The Bertz CT molecular complexity index is 636. The van der Waals surface area contributed by atoms with E-state index in [0.29, 0.717) is 5.69 Å². The summed E-state index contributed by atoms with van der Waals surface area (Å²) in [5.41, 5.74) is 0.246. The first-order valence-electron chi connectivity index (χ1n) is 5.21. The SMILES string of the molecule is Cn1cc([N+](=O)[O-])cc1C(=O)Nc1ccc(F)nc1. The van der Waals surface area contributed by atoms with Crippen LogP contribution in [0.4, 0.5) is 15.8 Å². The van der Waals surface area contributed by atoms with E-state index in [1.54, 1.807) is 0 Å². The number of carbonyl (C=O) groups is 1. The van der Waals surface area contributed by atoms with Gasteiger partial charge in [-0.2, -0.15) is 4.39 Å². The van der Waals surface area contributed by atoms with Gasteiger partial charge in [0, 0.05) is 13.1 Å². The monoisotopic (exact) mass is 264 g/mol. The first-order valence-corrected chi connectivity index (χ1v) is 5.21. The minimum atomic E-state index is -0.660. The summed E-state index contributed by atoms with van der Waals surface area (Å²) in [6, 6.07) is 3.60. The van der Waals surface area contributed by atoms with Crippen molar-refractivity contribution in [2.75, 3.05) is 5.32 Å². The highest BCUT2D eigenvalue weighted by Crippen LogP contribution is 2.16. The van der Waals surface area contributed by atoms with Crippen molar-refractivity contribution in [1.82, 2.24) is 9.55 Å². The molecule has 1 N–H and O–H groups in total. The Morgan fingerprint density at radius 1 is 1.53 bits per heavy atom. The highest BCUT2D eigenvalue weighted by atomic mass is 19.1. The molecule has 7 nitrogen and oxygen atoms in total. The number of nitrogens with one attached hydrogen (secondary N) is 1. The molecular weight excluding hydrogens is 255 g/mol. The Kier molecular flexibility index (Phi) is 3.23. The standard InChI is InChI=1S/C11H9FN4O3/c1-15-6-8(16(18)19)4-9(15)11(17)14-7-2-3-10(12)13-5-7/h2-6H,1H3,(H,14,17). The summed E-state index contributed by atoms with van der Waals surface area (Å²) in [5, 5.41) is 13.1. The third-order valence-electron chi connectivity index (χ3n) is 2.42. The molecule has 0 aromatic carbocycles. The molecule has 2 rings (SSSR count). The first-order chi connectivity index (χ1) is 8.97. The number of hydrogen-bond acceptors (Lipinski definition) is 4. The molecule has 0 aliphatic carbocycles. The lowest BCUT2D eigenvalue weighted by atomic mass is 10.3. The average molecular weight is 264 g/mol. The minimum Gasteiger partial charge on any atom is -0.340 e. The largest absolute Gasteiger partial charge is 0.340 e. The number of amides is 1. The van der Waals surface area contributed by atoms with Crippen LogP contribution >= 0.6 is 0 Å². The number of aromatic nitrogens is 2. The van der Waals surface area contributed by atoms with Crippen LogP contribution in [0, 0.1) is 16.1 Å². The van der Waals surface area contributed by atoms with Crippen LogP contribution in [0.5, 0.6) is 0 Å². The Labute approximate surface area is 106 Å². The molecule has 19 heavy (non-hydrogen) atoms. The molecule has 0 atom stereocenters. The van der Waals surface area contributed by atoms with E-state index in [9.17, 15) is 19.3 Å². The molecule has 2 heterocycles. The van der Waals surface area contributed by atoms with Crippen molar-refractivity contribution in [3.8, 4) is 0 Å². The predicted molar refractivity (Wildman–Crippen MR) is 64.2 cm³/mol. The molecule has 0 bridgehead atoms. The van der Waals surface area contributed by atoms with Crippen LogP contribution in [0.2, 0.25) is 0 Å². The fourth-order valence-corrected chi connectivity index (χ4v) is 1.52. The van der Waals surface area contributed by atoms with Crippen molar-refractivity contribution in [2.24, 2.45) is 7.05 Å². The number of anilines is 1. The Balaban J connectivity index is 2.20. The van der Waals surface area contributed by atoms with Gasteiger partial charge in [0.2, 0.25) is 5.95 Å². The zero-order chi connectivity index (χ0) is 14.0. The minimum absolute atomic E-state index is 0.121. The molecule has 0 radical (unpaired) electrons. The maximum atomic E-state index is 12.6. The molecule has 1 amide bonds. The van der Waals surface area contributed by atoms with E-state index in [1.807, 2.05) is 0 Å². The van der Waals surface area contributed by atoms with Gasteiger partial charge in [-0.15, -0.1) is 0 Å². The molecule has 0 fully saturated rings. The molecule has 0 saturated carbocycles. The van der Waals surface area contributed by atoms with Gasteiger partial charge in [0.1, 0.15) is 5.69 Å². The van der Waals surface area contributed by atoms with E-state index in [0.717, 1.165) is 18.3 Å². The molecule has 2 aromatic heterocycles. The second-order valence-electron chi connectivity index (χ2n) is 3.78. The highest BCUT2D eigenvalue weighted by molar-refractivity contribution is 6.03. The van der Waals surface area contributed by atoms with Crippen LogP contribution in [0.15, 0.2) is 30.6 Å². The second-order valence-corrected chi connectivity index (χ2v) is 3.78. The van der Waals surface area contributed by atoms with E-state index >= 15 is 0 Å². The molecule has 0 aliphatic rings. The molecule has 0 aliphatic heterocycles. The third-order valence-corrected chi connectivity index (χ3v) is 2.42. The van der Waals surface area contributed by atoms with Crippen molar-refractivity contribution in [1.29, 1.82) is 0 Å². The summed E-state index contributed by atoms with van der Waals surface area (Å²) in [6.07, 6.45) is 2.39. The van der Waals surface area contributed by atoms with Crippen molar-refractivity contribution in [3.05, 3.63) is 52.3 Å². The Hall–Kier alpha value is -2.77. The highest BCUT2D eigenvalue weighted by Gasteiger charge is 2.17. The van der Waals surface area contributed by atoms with E-state index in [2.05, 4.69) is 10.3 Å². The fourth-order valence-electron chi connectivity index (χ4n) is 1.52. The smallest absolute Gasteiger partial charge is 0.287 e. The summed E-state index contributed by atoms with van der Waals surface area (Å²) in [6.45, 7) is 0. The number of halogens is 1. The molecular formula is C11H9FN4O3. The van der Waals surface area contributed by atoms with Gasteiger partial charge in [-0.05, 0) is 12.1 Å². The lowest BCUT2D eigenvalue weighted by Crippen LogP contribution is -2.15. The fraction of sp³-hybridized carbons (Fsp3) is 0.0909. The summed E-state index contributed by atoms with van der Waals surface area (Å²) in [7, 11) is 1.52. The zero-order valence-corrected chi connectivity index (χ0v) is 9.83. The van der Waals surface area contributed by atoms with Crippen LogP contribution in [0.1, 0.15) is 10.5 Å². The Morgan fingerprint density at radius 2 is 2.26 bits per heavy atom. The first kappa shape index (κ1) is 12.7. The summed E-state index contributed by atoms with van der Waals surface area (Å²) in [4.78, 5) is 25.3. The van der Waals surface area contributed by atoms with Gasteiger partial charge in [0.25, 0.3) is 11.6 Å². The van der Waals surface area contributed by atoms with E-state index in [4.69, 9.17) is 0 Å². The van der Waals surface area contributed by atoms with Gasteiger partial charge >= 0.3 is 0 Å². The second kappa shape index (κ2) is 4.84. The van der Waals surface area contributed by atoms with E-state index in [-0.39, 0.29) is 11.4 Å². The van der Waals surface area contributed by atoms with Crippen molar-refractivity contribution in [3.63, 3.8) is 0 Å². The van der Waals surface area contributed by atoms with Gasteiger partial charge in [-0.25, -0.2) is 4.98 Å². The zero-order valence-electron chi connectivity index (χ0n) is 9.83. The maximum absolute atomic E-state index is 12.6.